The second kappa shape index (κ2) is 12.7. The molecule has 0 atom stereocenters. The van der Waals surface area contributed by atoms with Gasteiger partial charge in [0.1, 0.15) is 18.1 Å². The minimum Gasteiger partial charge on any atom is -0.496 e. The Bertz CT molecular complexity index is 1800. The van der Waals surface area contributed by atoms with E-state index in [4.69, 9.17) is 21.1 Å². The van der Waals surface area contributed by atoms with Crippen LogP contribution in [0.3, 0.4) is 0 Å². The summed E-state index contributed by atoms with van der Waals surface area (Å²) in [7, 11) is 3.17. The van der Waals surface area contributed by atoms with Gasteiger partial charge in [0.2, 0.25) is 5.13 Å². The second-order valence-corrected chi connectivity index (χ2v) is 9.99. The molecule has 0 bridgehead atoms. The Balaban J connectivity index is 1.44. The van der Waals surface area contributed by atoms with E-state index in [-0.39, 0.29) is 44.9 Å². The van der Waals surface area contributed by atoms with Crippen molar-refractivity contribution in [2.24, 2.45) is 7.05 Å². The van der Waals surface area contributed by atoms with Crippen LogP contribution in [0.2, 0.25) is 5.02 Å². The lowest BCUT2D eigenvalue weighted by Gasteiger charge is -2.14. The Morgan fingerprint density at radius 1 is 1.10 bits per heavy atom. The van der Waals surface area contributed by atoms with Crippen molar-refractivity contribution in [1.82, 2.24) is 29.9 Å². The van der Waals surface area contributed by atoms with Crippen LogP contribution in [0.1, 0.15) is 39.3 Å². The van der Waals surface area contributed by atoms with Crippen LogP contribution in [0.5, 0.6) is 10.9 Å². The number of aryl methyl sites for hydroxylation is 1. The molecule has 4 heterocycles. The summed E-state index contributed by atoms with van der Waals surface area (Å²) in [5.41, 5.74) is 1.98. The predicted octanol–water partition coefficient (Wildman–Crippen LogP) is 5.56. The van der Waals surface area contributed by atoms with E-state index in [2.05, 4.69) is 42.4 Å². The van der Waals surface area contributed by atoms with Gasteiger partial charge in [-0.2, -0.15) is 5.10 Å². The number of hydrogen-bond donors (Lipinski definition) is 1. The number of anilines is 1. The molecule has 0 aliphatic rings. The van der Waals surface area contributed by atoms with E-state index in [1.165, 1.54) is 37.7 Å². The molecule has 5 rings (SSSR count). The van der Waals surface area contributed by atoms with E-state index < -0.39 is 12.3 Å². The maximum Gasteiger partial charge on any atom is 0.296 e. The molecular formula is C28H20ClF2N7O3S. The summed E-state index contributed by atoms with van der Waals surface area (Å²) in [6, 6.07) is 8.90. The minimum absolute atomic E-state index is 0.0784. The highest BCUT2D eigenvalue weighted by molar-refractivity contribution is 7.17. The zero-order chi connectivity index (χ0) is 29.6. The number of carbonyl (C=O) groups excluding carboxylic acids is 1. The van der Waals surface area contributed by atoms with Crippen LogP contribution < -0.4 is 14.8 Å². The third-order valence-corrected chi connectivity index (χ3v) is 6.69. The number of pyridine rings is 2. The van der Waals surface area contributed by atoms with E-state index in [1.54, 1.807) is 42.3 Å². The van der Waals surface area contributed by atoms with Gasteiger partial charge in [0.25, 0.3) is 17.5 Å². The number of rotatable bonds is 8. The molecule has 14 heteroatoms. The smallest absolute Gasteiger partial charge is 0.296 e. The first-order chi connectivity index (χ1) is 20.3. The van der Waals surface area contributed by atoms with Gasteiger partial charge in [-0.05, 0) is 53.7 Å². The first-order valence-electron chi connectivity index (χ1n) is 12.1. The number of alkyl halides is 2. The van der Waals surface area contributed by atoms with Crippen molar-refractivity contribution in [3.8, 4) is 33.9 Å². The number of hydrogen-bond acceptors (Lipinski definition) is 9. The number of methoxy groups -OCH3 is 1. The van der Waals surface area contributed by atoms with Gasteiger partial charge < -0.3 is 9.47 Å². The molecule has 1 N–H and O–H groups in total. The molecule has 42 heavy (non-hydrogen) atoms. The predicted molar refractivity (Wildman–Crippen MR) is 152 cm³/mol. The van der Waals surface area contributed by atoms with Crippen molar-refractivity contribution in [3.63, 3.8) is 0 Å². The summed E-state index contributed by atoms with van der Waals surface area (Å²) >= 11 is 6.85. The zero-order valence-electron chi connectivity index (χ0n) is 22.0. The first kappa shape index (κ1) is 28.6. The minimum atomic E-state index is -2.73. The number of aromatic nitrogens is 6. The maximum atomic E-state index is 13.6. The number of benzene rings is 1. The van der Waals surface area contributed by atoms with Gasteiger partial charge in [-0.1, -0.05) is 22.6 Å². The van der Waals surface area contributed by atoms with Crippen LogP contribution in [0.15, 0.2) is 61.2 Å². The molecule has 1 amide bonds. The van der Waals surface area contributed by atoms with Crippen LogP contribution >= 0.6 is 22.9 Å². The van der Waals surface area contributed by atoms with Gasteiger partial charge in [-0.25, -0.2) is 13.8 Å². The highest BCUT2D eigenvalue weighted by atomic mass is 35.5. The summed E-state index contributed by atoms with van der Waals surface area (Å²) < 4.78 is 39.9. The maximum absolute atomic E-state index is 13.6. The van der Waals surface area contributed by atoms with E-state index in [9.17, 15) is 13.6 Å². The quantitative estimate of drug-likeness (QED) is 0.228. The monoisotopic (exact) mass is 607 g/mol. The van der Waals surface area contributed by atoms with Gasteiger partial charge in [0, 0.05) is 42.3 Å². The van der Waals surface area contributed by atoms with Gasteiger partial charge in [-0.3, -0.25) is 19.8 Å². The normalized spacial score (nSPS) is 10.7. The molecular weight excluding hydrogens is 588 g/mol. The summed E-state index contributed by atoms with van der Waals surface area (Å²) in [5, 5.41) is 15.5. The highest BCUT2D eigenvalue weighted by Crippen LogP contribution is 2.36. The number of carbonyl (C=O) groups is 1. The van der Waals surface area contributed by atoms with Gasteiger partial charge in [0.15, 0.2) is 0 Å². The Hall–Kier alpha value is -4.93. The number of ether oxygens (including phenoxy) is 2. The van der Waals surface area contributed by atoms with Crippen LogP contribution in [0, 0.1) is 11.8 Å². The zero-order valence-corrected chi connectivity index (χ0v) is 23.6. The lowest BCUT2D eigenvalue weighted by atomic mass is 9.97. The summed E-state index contributed by atoms with van der Waals surface area (Å²) in [4.78, 5) is 21.9. The first-order valence-corrected chi connectivity index (χ1v) is 13.3. The number of amides is 1. The molecule has 0 saturated carbocycles. The molecule has 0 aliphatic carbocycles. The molecule has 0 saturated heterocycles. The average Bonchev–Trinajstić information content (AvgIpc) is 3.63. The highest BCUT2D eigenvalue weighted by Gasteiger charge is 2.21. The third kappa shape index (κ3) is 6.85. The van der Waals surface area contributed by atoms with E-state index in [1.807, 2.05) is 0 Å². The molecule has 0 radical (unpaired) electrons. The van der Waals surface area contributed by atoms with Crippen molar-refractivity contribution in [1.29, 1.82) is 0 Å². The molecule has 10 nitrogen and oxygen atoms in total. The summed E-state index contributed by atoms with van der Waals surface area (Å²) in [5.74, 6) is 5.56. The fourth-order valence-corrected chi connectivity index (χ4v) is 4.43. The van der Waals surface area contributed by atoms with Crippen LogP contribution in [-0.4, -0.2) is 43.0 Å². The van der Waals surface area contributed by atoms with Gasteiger partial charge >= 0.3 is 0 Å². The Morgan fingerprint density at radius 2 is 1.95 bits per heavy atom. The molecule has 0 unspecified atom stereocenters. The number of nitrogens with zero attached hydrogens (tertiary/aromatic N) is 6. The van der Waals surface area contributed by atoms with Crippen LogP contribution in [-0.2, 0) is 13.7 Å². The number of halogens is 3. The standard InChI is InChI=1S/C28H20ClF2N7O3S/c1-38-14-16(11-34-38)3-6-19-10-21(22-9-17(25(30)31)4-8-24(22)40-2)23(13-33-19)26(39)35-27-36-37-28(42-27)41-15-20-7-5-18(29)12-32-20/h4-5,7-14,25H,15H2,1-2H3,(H,35,36,39). The largest absolute Gasteiger partial charge is 0.496 e. The Morgan fingerprint density at radius 3 is 2.67 bits per heavy atom. The molecule has 5 aromatic rings. The fraction of sp³-hybridized carbons (Fsp3) is 0.143. The lowest BCUT2D eigenvalue weighted by Crippen LogP contribution is -2.14. The van der Waals surface area contributed by atoms with Gasteiger partial charge in [-0.15, -0.1) is 5.10 Å². The molecule has 1 aromatic carbocycles. The van der Waals surface area contributed by atoms with Crippen molar-refractivity contribution in [3.05, 3.63) is 94.3 Å². The summed E-state index contributed by atoms with van der Waals surface area (Å²) in [6.45, 7) is 0.121. The van der Waals surface area contributed by atoms with Crippen molar-refractivity contribution in [2.45, 2.75) is 13.0 Å². The molecule has 212 valence electrons. The third-order valence-electron chi connectivity index (χ3n) is 5.71. The molecule has 0 spiro atoms. The molecule has 4 aromatic heterocycles. The fourth-order valence-electron chi connectivity index (χ4n) is 3.73. The topological polar surface area (TPSA) is 117 Å². The number of nitrogens with one attached hydrogen (secondary N) is 1. The van der Waals surface area contributed by atoms with Crippen LogP contribution in [0.4, 0.5) is 13.9 Å². The average molecular weight is 608 g/mol. The van der Waals surface area contributed by atoms with Crippen LogP contribution in [0.25, 0.3) is 11.1 Å². The summed E-state index contributed by atoms with van der Waals surface area (Å²) in [6.07, 6.45) is 3.41. The SMILES string of the molecule is COc1ccc(C(F)F)cc1-c1cc(C#Cc2cnn(C)c2)ncc1C(=O)Nc1nnc(OCc2ccc(Cl)cn2)s1. The molecule has 0 aliphatic heterocycles. The second-order valence-electron chi connectivity index (χ2n) is 8.61. The van der Waals surface area contributed by atoms with Crippen molar-refractivity contribution in [2.75, 3.05) is 12.4 Å². The molecule has 0 fully saturated rings. The van der Waals surface area contributed by atoms with Gasteiger partial charge in [0.05, 0.1) is 35.2 Å². The van der Waals surface area contributed by atoms with E-state index in [0.29, 0.717) is 22.0 Å². The van der Waals surface area contributed by atoms with E-state index >= 15 is 0 Å². The van der Waals surface area contributed by atoms with E-state index in [0.717, 1.165) is 11.3 Å². The Labute approximate surface area is 247 Å². The Kier molecular flexibility index (Phi) is 8.66. The lowest BCUT2D eigenvalue weighted by molar-refractivity contribution is 0.102. The van der Waals surface area contributed by atoms with Crippen molar-refractivity contribution < 1.29 is 23.0 Å². The van der Waals surface area contributed by atoms with Crippen molar-refractivity contribution >= 4 is 34.0 Å².